The summed E-state index contributed by atoms with van der Waals surface area (Å²) in [6, 6.07) is 16.0. The van der Waals surface area contributed by atoms with E-state index < -0.39 is 0 Å². The first kappa shape index (κ1) is 14.8. The average Bonchev–Trinajstić information content (AvgIpc) is 2.48. The highest BCUT2D eigenvalue weighted by Gasteiger charge is 1.99. The van der Waals surface area contributed by atoms with Crippen LogP contribution in [-0.2, 0) is 0 Å². The number of nitrogens with one attached hydrogen (secondary N) is 2. The van der Waals surface area contributed by atoms with E-state index in [0.717, 1.165) is 10.0 Å². The minimum atomic E-state index is -0.342. The maximum Gasteiger partial charge on any atom is 0.323 e. The number of halogens is 1. The van der Waals surface area contributed by atoms with Crippen molar-refractivity contribution < 1.29 is 4.79 Å². The van der Waals surface area contributed by atoms with Gasteiger partial charge in [-0.15, -0.1) is 0 Å². The van der Waals surface area contributed by atoms with E-state index in [1.165, 1.54) is 0 Å². The number of carbonyl (C=O) groups is 1. The smallest absolute Gasteiger partial charge is 0.314 e. The molecule has 0 atom stereocenters. The van der Waals surface area contributed by atoms with Crippen molar-refractivity contribution >= 4 is 33.7 Å². The molecule has 0 fully saturated rings. The lowest BCUT2D eigenvalue weighted by Gasteiger charge is -2.04. The van der Waals surface area contributed by atoms with Crippen LogP contribution in [0.3, 0.4) is 0 Å². The van der Waals surface area contributed by atoms with Crippen LogP contribution in [0.1, 0.15) is 11.1 Å². The first-order valence-electron chi connectivity index (χ1n) is 6.17. The molecule has 0 saturated heterocycles. The minimum Gasteiger partial charge on any atom is -0.314 e. The maximum absolute atomic E-state index is 11.7. The number of hydrogen-bond acceptors (Lipinski definition) is 2. The zero-order valence-electron chi connectivity index (χ0n) is 11.0. The number of urea groups is 1. The van der Waals surface area contributed by atoms with Gasteiger partial charge in [0.1, 0.15) is 0 Å². The Hall–Kier alpha value is -2.58. The second-order valence-electron chi connectivity index (χ2n) is 4.18. The number of rotatable bonds is 3. The van der Waals surface area contributed by atoms with Gasteiger partial charge in [0.2, 0.25) is 0 Å². The van der Waals surface area contributed by atoms with Crippen LogP contribution in [0.25, 0.3) is 6.08 Å². The summed E-state index contributed by atoms with van der Waals surface area (Å²) in [6.07, 6.45) is 3.36. The molecular weight excluding hydrogens is 330 g/mol. The van der Waals surface area contributed by atoms with Gasteiger partial charge >= 0.3 is 6.03 Å². The van der Waals surface area contributed by atoms with E-state index in [2.05, 4.69) is 26.6 Å². The van der Waals surface area contributed by atoms with Crippen LogP contribution in [0.2, 0.25) is 0 Å². The summed E-state index contributed by atoms with van der Waals surface area (Å²) >= 11 is 3.38. The lowest BCUT2D eigenvalue weighted by atomic mass is 10.2. The fraction of sp³-hybridized carbons (Fsp3) is 0. The van der Waals surface area contributed by atoms with Crippen molar-refractivity contribution in [2.45, 2.75) is 0 Å². The van der Waals surface area contributed by atoms with Crippen molar-refractivity contribution in [1.82, 2.24) is 5.32 Å². The van der Waals surface area contributed by atoms with Crippen LogP contribution < -0.4 is 10.6 Å². The fourth-order valence-electron chi connectivity index (χ4n) is 1.62. The Bertz CT molecular complexity index is 702. The van der Waals surface area contributed by atoms with Gasteiger partial charge in [-0.2, -0.15) is 5.26 Å². The number of hydrogen-bond donors (Lipinski definition) is 2. The highest BCUT2D eigenvalue weighted by molar-refractivity contribution is 9.10. The van der Waals surface area contributed by atoms with Crippen LogP contribution in [-0.4, -0.2) is 6.03 Å². The molecule has 0 bridgehead atoms. The lowest BCUT2D eigenvalue weighted by Crippen LogP contribution is -2.23. The molecule has 0 saturated carbocycles. The molecule has 0 aromatic heterocycles. The van der Waals surface area contributed by atoms with E-state index >= 15 is 0 Å². The van der Waals surface area contributed by atoms with Crippen LogP contribution in [0.15, 0.2) is 59.2 Å². The third-order valence-corrected chi connectivity index (χ3v) is 3.10. The van der Waals surface area contributed by atoms with E-state index in [-0.39, 0.29) is 6.03 Å². The van der Waals surface area contributed by atoms with Gasteiger partial charge in [-0.05, 0) is 48.0 Å². The Labute approximate surface area is 131 Å². The van der Waals surface area contributed by atoms with Crippen molar-refractivity contribution in [3.63, 3.8) is 0 Å². The molecule has 5 heteroatoms. The minimum absolute atomic E-state index is 0.342. The lowest BCUT2D eigenvalue weighted by molar-refractivity contribution is 0.255. The van der Waals surface area contributed by atoms with Gasteiger partial charge in [0.25, 0.3) is 0 Å². The summed E-state index contributed by atoms with van der Waals surface area (Å²) in [4.78, 5) is 11.7. The Morgan fingerprint density at radius 3 is 2.62 bits per heavy atom. The first-order chi connectivity index (χ1) is 10.2. The third kappa shape index (κ3) is 4.79. The second-order valence-corrected chi connectivity index (χ2v) is 5.09. The predicted molar refractivity (Wildman–Crippen MR) is 86.5 cm³/mol. The van der Waals surface area contributed by atoms with E-state index in [9.17, 15) is 4.79 Å². The molecule has 0 spiro atoms. The highest BCUT2D eigenvalue weighted by Crippen LogP contribution is 2.12. The molecule has 2 aromatic carbocycles. The molecule has 2 aromatic rings. The molecular formula is C16H12BrN3O. The van der Waals surface area contributed by atoms with Gasteiger partial charge in [0.15, 0.2) is 0 Å². The summed E-state index contributed by atoms with van der Waals surface area (Å²) < 4.78 is 0.978. The number of nitrogens with zero attached hydrogens (tertiary/aromatic N) is 1. The Morgan fingerprint density at radius 2 is 1.95 bits per heavy atom. The highest BCUT2D eigenvalue weighted by atomic mass is 79.9. The maximum atomic E-state index is 11.7. The Kier molecular flexibility index (Phi) is 5.13. The van der Waals surface area contributed by atoms with E-state index in [1.54, 1.807) is 36.5 Å². The fourth-order valence-corrected chi connectivity index (χ4v) is 2.04. The van der Waals surface area contributed by atoms with Crippen LogP contribution in [0.5, 0.6) is 0 Å². The molecule has 0 aliphatic rings. The molecule has 104 valence electrons. The van der Waals surface area contributed by atoms with Crippen molar-refractivity contribution in [1.29, 1.82) is 5.26 Å². The largest absolute Gasteiger partial charge is 0.323 e. The molecule has 0 aliphatic heterocycles. The van der Waals surface area contributed by atoms with Crippen LogP contribution in [0, 0.1) is 11.3 Å². The second kappa shape index (κ2) is 7.27. The normalized spacial score (nSPS) is 10.1. The number of benzene rings is 2. The van der Waals surface area contributed by atoms with Gasteiger partial charge in [-0.1, -0.05) is 28.1 Å². The number of carbonyl (C=O) groups excluding carboxylic acids is 1. The topological polar surface area (TPSA) is 64.9 Å². The van der Waals surface area contributed by atoms with E-state index in [0.29, 0.717) is 11.3 Å². The van der Waals surface area contributed by atoms with Crippen molar-refractivity contribution in [3.05, 3.63) is 70.3 Å². The third-order valence-electron chi connectivity index (χ3n) is 2.61. The SMILES string of the molecule is N#Cc1ccc(NC(=O)N/C=C/c2cccc(Br)c2)cc1. The zero-order chi connectivity index (χ0) is 15.1. The molecule has 2 N–H and O–H groups in total. The monoisotopic (exact) mass is 341 g/mol. The number of amides is 2. The molecule has 0 radical (unpaired) electrons. The predicted octanol–water partition coefficient (Wildman–Crippen LogP) is 4.11. The number of anilines is 1. The first-order valence-corrected chi connectivity index (χ1v) is 6.96. The molecule has 2 amide bonds. The zero-order valence-corrected chi connectivity index (χ0v) is 12.6. The summed E-state index contributed by atoms with van der Waals surface area (Å²) in [5.41, 5.74) is 2.15. The molecule has 2 rings (SSSR count). The van der Waals surface area contributed by atoms with Gasteiger partial charge in [0, 0.05) is 16.4 Å². The standard InChI is InChI=1S/C16H12BrN3O/c17-14-3-1-2-12(10-14)8-9-19-16(21)20-15-6-4-13(11-18)5-7-15/h1-10H,(H2,19,20,21)/b9-8+. The van der Waals surface area contributed by atoms with Gasteiger partial charge in [-0.25, -0.2) is 4.79 Å². The molecule has 4 nitrogen and oxygen atoms in total. The van der Waals surface area contributed by atoms with Crippen molar-refractivity contribution in [2.75, 3.05) is 5.32 Å². The van der Waals surface area contributed by atoms with Crippen LogP contribution in [0.4, 0.5) is 10.5 Å². The van der Waals surface area contributed by atoms with Gasteiger partial charge in [0.05, 0.1) is 11.6 Å². The summed E-state index contributed by atoms with van der Waals surface area (Å²) in [6.45, 7) is 0. The molecule has 0 heterocycles. The quantitative estimate of drug-likeness (QED) is 0.881. The van der Waals surface area contributed by atoms with Gasteiger partial charge < -0.3 is 10.6 Å². The molecule has 0 unspecified atom stereocenters. The summed E-state index contributed by atoms with van der Waals surface area (Å²) in [5, 5.41) is 14.0. The number of nitriles is 1. The van der Waals surface area contributed by atoms with Crippen LogP contribution >= 0.6 is 15.9 Å². The van der Waals surface area contributed by atoms with Crippen molar-refractivity contribution in [3.8, 4) is 6.07 Å². The molecule has 21 heavy (non-hydrogen) atoms. The average molecular weight is 342 g/mol. The van der Waals surface area contributed by atoms with E-state index in [1.807, 2.05) is 30.3 Å². The van der Waals surface area contributed by atoms with Gasteiger partial charge in [-0.3, -0.25) is 0 Å². The summed E-state index contributed by atoms with van der Waals surface area (Å²) in [7, 11) is 0. The van der Waals surface area contributed by atoms with E-state index in [4.69, 9.17) is 5.26 Å². The van der Waals surface area contributed by atoms with Crippen molar-refractivity contribution in [2.24, 2.45) is 0 Å². The molecule has 0 aliphatic carbocycles. The Balaban J connectivity index is 1.88. The summed E-state index contributed by atoms with van der Waals surface area (Å²) in [5.74, 6) is 0. The Morgan fingerprint density at radius 1 is 1.19 bits per heavy atom.